The highest BCUT2D eigenvalue weighted by atomic mass is 79.9. The SMILES string of the molecule is CCC1CNC(C2CC2)CN1c1ccccc1Br. The summed E-state index contributed by atoms with van der Waals surface area (Å²) in [5.74, 6) is 0.924. The van der Waals surface area contributed by atoms with Crippen LogP contribution in [0.4, 0.5) is 5.69 Å². The Balaban J connectivity index is 1.83. The van der Waals surface area contributed by atoms with Crippen LogP contribution in [-0.2, 0) is 0 Å². The Labute approximate surface area is 118 Å². The van der Waals surface area contributed by atoms with Crippen molar-refractivity contribution in [3.8, 4) is 0 Å². The van der Waals surface area contributed by atoms with Crippen molar-refractivity contribution in [3.63, 3.8) is 0 Å². The van der Waals surface area contributed by atoms with Crippen LogP contribution >= 0.6 is 15.9 Å². The van der Waals surface area contributed by atoms with Gasteiger partial charge in [0.1, 0.15) is 0 Å². The summed E-state index contributed by atoms with van der Waals surface area (Å²) in [4.78, 5) is 2.60. The molecule has 0 amide bonds. The van der Waals surface area contributed by atoms with Crippen LogP contribution in [0.2, 0.25) is 0 Å². The minimum atomic E-state index is 0.624. The number of benzene rings is 1. The van der Waals surface area contributed by atoms with E-state index in [1.54, 1.807) is 0 Å². The first-order valence-electron chi connectivity index (χ1n) is 7.04. The van der Waals surface area contributed by atoms with Gasteiger partial charge >= 0.3 is 0 Å². The number of hydrogen-bond acceptors (Lipinski definition) is 2. The van der Waals surface area contributed by atoms with Crippen LogP contribution in [-0.4, -0.2) is 25.2 Å². The smallest absolute Gasteiger partial charge is 0.0514 e. The van der Waals surface area contributed by atoms with Crippen molar-refractivity contribution in [2.75, 3.05) is 18.0 Å². The van der Waals surface area contributed by atoms with Gasteiger partial charge in [-0.25, -0.2) is 0 Å². The summed E-state index contributed by atoms with van der Waals surface area (Å²) >= 11 is 3.70. The molecule has 18 heavy (non-hydrogen) atoms. The van der Waals surface area contributed by atoms with Gasteiger partial charge in [-0.1, -0.05) is 19.1 Å². The molecular formula is C15H21BrN2. The van der Waals surface area contributed by atoms with Gasteiger partial charge in [-0.15, -0.1) is 0 Å². The zero-order valence-electron chi connectivity index (χ0n) is 10.9. The highest BCUT2D eigenvalue weighted by Crippen LogP contribution is 2.37. The summed E-state index contributed by atoms with van der Waals surface area (Å²) < 4.78 is 1.22. The fourth-order valence-electron chi connectivity index (χ4n) is 2.98. The maximum absolute atomic E-state index is 3.74. The topological polar surface area (TPSA) is 15.3 Å². The molecule has 2 unspecified atom stereocenters. The minimum absolute atomic E-state index is 0.624. The lowest BCUT2D eigenvalue weighted by molar-refractivity contribution is 0.359. The van der Waals surface area contributed by atoms with Gasteiger partial charge in [0.2, 0.25) is 0 Å². The fraction of sp³-hybridized carbons (Fsp3) is 0.600. The van der Waals surface area contributed by atoms with E-state index >= 15 is 0 Å². The second kappa shape index (κ2) is 5.22. The summed E-state index contributed by atoms with van der Waals surface area (Å²) in [6.45, 7) is 4.57. The van der Waals surface area contributed by atoms with Gasteiger partial charge in [-0.3, -0.25) is 0 Å². The van der Waals surface area contributed by atoms with Gasteiger partial charge in [-0.05, 0) is 53.2 Å². The standard InChI is InChI=1S/C15H21BrN2/c1-2-12-9-17-14(11-7-8-11)10-18(12)15-6-4-3-5-13(15)16/h3-6,11-12,14,17H,2,7-10H2,1H3. The monoisotopic (exact) mass is 308 g/mol. The molecule has 98 valence electrons. The molecule has 1 aromatic rings. The van der Waals surface area contributed by atoms with Crippen LogP contribution in [0, 0.1) is 5.92 Å². The van der Waals surface area contributed by atoms with E-state index in [1.807, 2.05) is 0 Å². The van der Waals surface area contributed by atoms with Crippen molar-refractivity contribution in [2.45, 2.75) is 38.3 Å². The van der Waals surface area contributed by atoms with Crippen molar-refractivity contribution in [1.82, 2.24) is 5.32 Å². The highest BCUT2D eigenvalue weighted by Gasteiger charge is 2.37. The fourth-order valence-corrected chi connectivity index (χ4v) is 3.49. The Morgan fingerprint density at radius 2 is 2.11 bits per heavy atom. The molecule has 1 aliphatic carbocycles. The second-order valence-corrected chi connectivity index (χ2v) is 6.37. The first-order chi connectivity index (χ1) is 8.79. The Hall–Kier alpha value is -0.540. The number of hydrogen-bond donors (Lipinski definition) is 1. The summed E-state index contributed by atoms with van der Waals surface area (Å²) in [6.07, 6.45) is 4.03. The molecule has 1 aliphatic heterocycles. The number of nitrogens with one attached hydrogen (secondary N) is 1. The maximum atomic E-state index is 3.74. The molecular weight excluding hydrogens is 288 g/mol. The molecule has 0 bridgehead atoms. The molecule has 1 saturated heterocycles. The summed E-state index contributed by atoms with van der Waals surface area (Å²) in [5, 5.41) is 3.74. The van der Waals surface area contributed by atoms with Crippen molar-refractivity contribution >= 4 is 21.6 Å². The Morgan fingerprint density at radius 1 is 1.33 bits per heavy atom. The zero-order valence-corrected chi connectivity index (χ0v) is 12.5. The van der Waals surface area contributed by atoms with Gasteiger partial charge in [0, 0.05) is 29.6 Å². The molecule has 2 aliphatic rings. The summed E-state index contributed by atoms with van der Waals surface area (Å²) in [6, 6.07) is 9.94. The third-order valence-electron chi connectivity index (χ3n) is 4.27. The first-order valence-corrected chi connectivity index (χ1v) is 7.83. The van der Waals surface area contributed by atoms with E-state index in [0.29, 0.717) is 12.1 Å². The number of piperazine rings is 1. The van der Waals surface area contributed by atoms with E-state index in [9.17, 15) is 0 Å². The third-order valence-corrected chi connectivity index (χ3v) is 4.94. The average molecular weight is 309 g/mol. The molecule has 0 aromatic heterocycles. The molecule has 1 aromatic carbocycles. The summed E-state index contributed by atoms with van der Waals surface area (Å²) in [7, 11) is 0. The summed E-state index contributed by atoms with van der Waals surface area (Å²) in [5.41, 5.74) is 1.36. The lowest BCUT2D eigenvalue weighted by Gasteiger charge is -2.42. The van der Waals surface area contributed by atoms with Crippen LogP contribution in [0.25, 0.3) is 0 Å². The molecule has 0 spiro atoms. The van der Waals surface area contributed by atoms with Crippen LogP contribution < -0.4 is 10.2 Å². The molecule has 1 N–H and O–H groups in total. The maximum Gasteiger partial charge on any atom is 0.0514 e. The van der Waals surface area contributed by atoms with E-state index in [1.165, 1.54) is 29.4 Å². The highest BCUT2D eigenvalue weighted by molar-refractivity contribution is 9.10. The molecule has 3 heteroatoms. The van der Waals surface area contributed by atoms with E-state index in [4.69, 9.17) is 0 Å². The number of halogens is 1. The quantitative estimate of drug-likeness (QED) is 0.920. The number of nitrogens with zero attached hydrogens (tertiary/aromatic N) is 1. The van der Waals surface area contributed by atoms with E-state index in [0.717, 1.165) is 19.0 Å². The van der Waals surface area contributed by atoms with Crippen molar-refractivity contribution < 1.29 is 0 Å². The lowest BCUT2D eigenvalue weighted by atomic mass is 10.0. The van der Waals surface area contributed by atoms with Gasteiger partial charge in [-0.2, -0.15) is 0 Å². The largest absolute Gasteiger partial charge is 0.365 e. The Kier molecular flexibility index (Phi) is 3.62. The average Bonchev–Trinajstić information content (AvgIpc) is 3.23. The van der Waals surface area contributed by atoms with E-state index in [-0.39, 0.29) is 0 Å². The van der Waals surface area contributed by atoms with Gasteiger partial charge in [0.05, 0.1) is 5.69 Å². The Morgan fingerprint density at radius 3 is 2.78 bits per heavy atom. The Bertz CT molecular complexity index is 417. The third kappa shape index (κ3) is 2.43. The number of anilines is 1. The molecule has 0 radical (unpaired) electrons. The molecule has 3 rings (SSSR count). The van der Waals surface area contributed by atoms with Crippen molar-refractivity contribution in [1.29, 1.82) is 0 Å². The number of para-hydroxylation sites is 1. The second-order valence-electron chi connectivity index (χ2n) is 5.52. The van der Waals surface area contributed by atoms with Crippen LogP contribution in [0.1, 0.15) is 26.2 Å². The molecule has 1 saturated carbocycles. The van der Waals surface area contributed by atoms with E-state index in [2.05, 4.69) is 57.3 Å². The van der Waals surface area contributed by atoms with E-state index < -0.39 is 0 Å². The van der Waals surface area contributed by atoms with Crippen LogP contribution in [0.5, 0.6) is 0 Å². The predicted octanol–water partition coefficient (Wildman–Crippen LogP) is 3.42. The molecule has 2 fully saturated rings. The van der Waals surface area contributed by atoms with Crippen LogP contribution in [0.15, 0.2) is 28.7 Å². The van der Waals surface area contributed by atoms with Gasteiger partial charge < -0.3 is 10.2 Å². The zero-order chi connectivity index (χ0) is 12.5. The molecule has 2 atom stereocenters. The normalized spacial score (nSPS) is 28.4. The molecule has 1 heterocycles. The van der Waals surface area contributed by atoms with Gasteiger partial charge in [0.25, 0.3) is 0 Å². The van der Waals surface area contributed by atoms with Crippen LogP contribution in [0.3, 0.4) is 0 Å². The first kappa shape index (κ1) is 12.5. The number of rotatable bonds is 3. The predicted molar refractivity (Wildman–Crippen MR) is 80.1 cm³/mol. The molecule has 2 nitrogen and oxygen atoms in total. The minimum Gasteiger partial charge on any atom is -0.365 e. The lowest BCUT2D eigenvalue weighted by Crippen LogP contribution is -2.57. The van der Waals surface area contributed by atoms with Crippen molar-refractivity contribution in [3.05, 3.63) is 28.7 Å². The van der Waals surface area contributed by atoms with Gasteiger partial charge in [0.15, 0.2) is 0 Å². The van der Waals surface area contributed by atoms with Crippen molar-refractivity contribution in [2.24, 2.45) is 5.92 Å².